The highest BCUT2D eigenvalue weighted by molar-refractivity contribution is 5.99. The third kappa shape index (κ3) is 2.88. The molecule has 0 fully saturated rings. The van der Waals surface area contributed by atoms with Crippen molar-refractivity contribution < 1.29 is 4.79 Å². The Balaban J connectivity index is 2.22. The summed E-state index contributed by atoms with van der Waals surface area (Å²) in [5.74, 6) is 0.00289. The molecule has 0 aliphatic rings. The van der Waals surface area contributed by atoms with E-state index < -0.39 is 5.91 Å². The third-order valence-corrected chi connectivity index (χ3v) is 3.92. The second kappa shape index (κ2) is 6.20. The average molecular weight is 320 g/mol. The molecule has 4 N–H and O–H groups in total. The molecule has 0 spiro atoms. The van der Waals surface area contributed by atoms with Gasteiger partial charge in [0, 0.05) is 12.1 Å². The number of benzene rings is 2. The van der Waals surface area contributed by atoms with Gasteiger partial charge in [-0.25, -0.2) is 4.98 Å². The Morgan fingerprint density at radius 2 is 1.83 bits per heavy atom. The molecule has 1 amide bonds. The molecule has 0 bridgehead atoms. The first-order valence-electron chi connectivity index (χ1n) is 7.81. The van der Waals surface area contributed by atoms with Gasteiger partial charge >= 0.3 is 0 Å². The molecule has 3 rings (SSSR count). The highest BCUT2D eigenvalue weighted by atomic mass is 16.1. The first-order chi connectivity index (χ1) is 11.5. The first-order valence-corrected chi connectivity index (χ1v) is 7.81. The van der Waals surface area contributed by atoms with Crippen molar-refractivity contribution in [3.8, 4) is 0 Å². The van der Waals surface area contributed by atoms with E-state index >= 15 is 0 Å². The number of rotatable bonds is 4. The van der Waals surface area contributed by atoms with Crippen LogP contribution < -0.4 is 11.5 Å². The molecular weight excluding hydrogens is 300 g/mol. The minimum Gasteiger partial charge on any atom is -0.369 e. The maximum atomic E-state index is 11.5. The van der Waals surface area contributed by atoms with E-state index in [2.05, 4.69) is 18.8 Å². The van der Waals surface area contributed by atoms with Gasteiger partial charge in [-0.05, 0) is 42.7 Å². The fourth-order valence-electron chi connectivity index (χ4n) is 2.92. The van der Waals surface area contributed by atoms with Crippen LogP contribution in [0.4, 0.5) is 5.95 Å². The molecule has 5 nitrogen and oxygen atoms in total. The van der Waals surface area contributed by atoms with Gasteiger partial charge in [0.1, 0.15) is 0 Å². The number of hydrogen-bond donors (Lipinski definition) is 2. The van der Waals surface area contributed by atoms with Gasteiger partial charge in [0.05, 0.1) is 11.0 Å². The summed E-state index contributed by atoms with van der Waals surface area (Å²) in [5, 5.41) is 0. The van der Waals surface area contributed by atoms with Crippen molar-refractivity contribution >= 4 is 28.5 Å². The second-order valence-electron chi connectivity index (χ2n) is 5.96. The standard InChI is InChI=1S/C19H20N4O/c1-12(2)23-17-10-14(8-9-16(17)22-19(23)21)15(11-18(20)24)13-6-4-3-5-7-13/h3-12H,1-2H3,(H2,20,24)(H2,21,22)/b15-11+. The summed E-state index contributed by atoms with van der Waals surface area (Å²) in [5.41, 5.74) is 15.8. The molecule has 0 saturated carbocycles. The highest BCUT2D eigenvalue weighted by Crippen LogP contribution is 2.29. The normalized spacial score (nSPS) is 12.0. The lowest BCUT2D eigenvalue weighted by Crippen LogP contribution is -2.08. The van der Waals surface area contributed by atoms with Crippen LogP contribution in [-0.2, 0) is 4.79 Å². The van der Waals surface area contributed by atoms with Gasteiger partial charge in [0.15, 0.2) is 0 Å². The zero-order chi connectivity index (χ0) is 17.3. The number of imidazole rings is 1. The molecule has 0 saturated heterocycles. The number of nitrogens with two attached hydrogens (primary N) is 2. The zero-order valence-electron chi connectivity index (χ0n) is 13.7. The van der Waals surface area contributed by atoms with Gasteiger partial charge in [-0.15, -0.1) is 0 Å². The van der Waals surface area contributed by atoms with E-state index in [1.54, 1.807) is 0 Å². The predicted molar refractivity (Wildman–Crippen MR) is 97.2 cm³/mol. The molecule has 1 aromatic heterocycles. The summed E-state index contributed by atoms with van der Waals surface area (Å²) in [6.07, 6.45) is 1.45. The van der Waals surface area contributed by atoms with Gasteiger partial charge < -0.3 is 16.0 Å². The second-order valence-corrected chi connectivity index (χ2v) is 5.96. The van der Waals surface area contributed by atoms with Crippen molar-refractivity contribution in [3.05, 3.63) is 65.7 Å². The van der Waals surface area contributed by atoms with Crippen LogP contribution in [0.3, 0.4) is 0 Å². The van der Waals surface area contributed by atoms with Crippen molar-refractivity contribution in [2.75, 3.05) is 5.73 Å². The summed E-state index contributed by atoms with van der Waals surface area (Å²) >= 11 is 0. The minimum absolute atomic E-state index is 0.186. The molecule has 0 atom stereocenters. The first kappa shape index (κ1) is 15.8. The largest absolute Gasteiger partial charge is 0.369 e. The summed E-state index contributed by atoms with van der Waals surface area (Å²) in [6.45, 7) is 4.11. The Bertz CT molecular complexity index is 923. The van der Waals surface area contributed by atoms with Crippen molar-refractivity contribution in [2.45, 2.75) is 19.9 Å². The van der Waals surface area contributed by atoms with Crippen molar-refractivity contribution in [2.24, 2.45) is 5.73 Å². The van der Waals surface area contributed by atoms with Crippen LogP contribution in [0, 0.1) is 0 Å². The molecule has 3 aromatic rings. The van der Waals surface area contributed by atoms with Crippen LogP contribution in [0.1, 0.15) is 31.0 Å². The Morgan fingerprint density at radius 1 is 1.12 bits per heavy atom. The zero-order valence-corrected chi connectivity index (χ0v) is 13.7. The van der Waals surface area contributed by atoms with Gasteiger partial charge in [0.2, 0.25) is 11.9 Å². The van der Waals surface area contributed by atoms with E-state index in [0.29, 0.717) is 5.95 Å². The summed E-state index contributed by atoms with van der Waals surface area (Å²) in [6, 6.07) is 15.7. The number of aromatic nitrogens is 2. The van der Waals surface area contributed by atoms with E-state index in [9.17, 15) is 4.79 Å². The van der Waals surface area contributed by atoms with Crippen LogP contribution in [-0.4, -0.2) is 15.5 Å². The van der Waals surface area contributed by atoms with E-state index in [-0.39, 0.29) is 6.04 Å². The number of nitrogen functional groups attached to an aromatic ring is 1. The molecule has 0 aliphatic carbocycles. The molecule has 0 radical (unpaired) electrons. The molecule has 2 aromatic carbocycles. The monoisotopic (exact) mass is 320 g/mol. The number of hydrogen-bond acceptors (Lipinski definition) is 3. The van der Waals surface area contributed by atoms with Crippen LogP contribution in [0.15, 0.2) is 54.6 Å². The number of primary amides is 1. The number of nitrogens with zero attached hydrogens (tertiary/aromatic N) is 2. The summed E-state index contributed by atoms with van der Waals surface area (Å²) < 4.78 is 1.98. The number of carbonyl (C=O) groups excluding carboxylic acids is 1. The lowest BCUT2D eigenvalue weighted by Gasteiger charge is -2.12. The Morgan fingerprint density at radius 3 is 2.46 bits per heavy atom. The molecule has 0 aliphatic heterocycles. The Labute approximate surface area is 140 Å². The molecule has 5 heteroatoms. The van der Waals surface area contributed by atoms with Gasteiger partial charge in [-0.3, -0.25) is 4.79 Å². The van der Waals surface area contributed by atoms with Crippen LogP contribution in [0.2, 0.25) is 0 Å². The fourth-order valence-corrected chi connectivity index (χ4v) is 2.92. The summed E-state index contributed by atoms with van der Waals surface area (Å²) in [4.78, 5) is 15.9. The third-order valence-electron chi connectivity index (χ3n) is 3.92. The van der Waals surface area contributed by atoms with E-state index in [1.807, 2.05) is 53.1 Å². The number of fused-ring (bicyclic) bond motifs is 1. The summed E-state index contributed by atoms with van der Waals surface area (Å²) in [7, 11) is 0. The number of carbonyl (C=O) groups is 1. The van der Waals surface area contributed by atoms with Crippen molar-refractivity contribution in [1.29, 1.82) is 0 Å². The quantitative estimate of drug-likeness (QED) is 0.724. The number of anilines is 1. The topological polar surface area (TPSA) is 86.9 Å². The molecule has 0 unspecified atom stereocenters. The van der Waals surface area contributed by atoms with Gasteiger partial charge in [-0.1, -0.05) is 36.4 Å². The highest BCUT2D eigenvalue weighted by Gasteiger charge is 2.14. The van der Waals surface area contributed by atoms with Gasteiger partial charge in [0.25, 0.3) is 0 Å². The van der Waals surface area contributed by atoms with Crippen LogP contribution in [0.5, 0.6) is 0 Å². The molecule has 24 heavy (non-hydrogen) atoms. The molecule has 122 valence electrons. The predicted octanol–water partition coefficient (Wildman–Crippen LogP) is 3.12. The Kier molecular flexibility index (Phi) is 4.08. The van der Waals surface area contributed by atoms with E-state index in [0.717, 1.165) is 27.7 Å². The molecular formula is C19H20N4O. The smallest absolute Gasteiger partial charge is 0.242 e. The molecule has 1 heterocycles. The average Bonchev–Trinajstić information content (AvgIpc) is 2.88. The van der Waals surface area contributed by atoms with Crippen LogP contribution in [0.25, 0.3) is 16.6 Å². The maximum absolute atomic E-state index is 11.5. The Hall–Kier alpha value is -3.08. The lowest BCUT2D eigenvalue weighted by atomic mass is 9.97. The number of amides is 1. The fraction of sp³-hybridized carbons (Fsp3) is 0.158. The van der Waals surface area contributed by atoms with Gasteiger partial charge in [-0.2, -0.15) is 0 Å². The van der Waals surface area contributed by atoms with E-state index in [1.165, 1.54) is 6.08 Å². The van der Waals surface area contributed by atoms with Crippen molar-refractivity contribution in [3.63, 3.8) is 0 Å². The SMILES string of the molecule is CC(C)n1c(N)nc2ccc(/C(=C/C(N)=O)c3ccccc3)cc21. The minimum atomic E-state index is -0.481. The van der Waals surface area contributed by atoms with E-state index in [4.69, 9.17) is 11.5 Å². The van der Waals surface area contributed by atoms with Crippen LogP contribution >= 0.6 is 0 Å². The maximum Gasteiger partial charge on any atom is 0.242 e. The lowest BCUT2D eigenvalue weighted by molar-refractivity contribution is -0.113. The van der Waals surface area contributed by atoms with Crippen molar-refractivity contribution in [1.82, 2.24) is 9.55 Å².